The second-order valence-electron chi connectivity index (χ2n) is 13.6. The van der Waals surface area contributed by atoms with Crippen LogP contribution in [0.25, 0.3) is 0 Å². The predicted octanol–water partition coefficient (Wildman–Crippen LogP) is 7.03. The third kappa shape index (κ3) is 10.2. The third-order valence-electron chi connectivity index (χ3n) is 5.95. The molecule has 1 rings (SSSR count). The SMILES string of the molecule is CC(C)(C)C(CC1C=CC(CC(N[Si](C)(C)C)C(C)(C)C)CC1)N[Si](C)(C)C. The van der Waals surface area contributed by atoms with E-state index in [2.05, 4.69) is 103 Å². The summed E-state index contributed by atoms with van der Waals surface area (Å²) in [6.07, 6.45) is 10.4. The van der Waals surface area contributed by atoms with Gasteiger partial charge in [0.2, 0.25) is 0 Å². The second-order valence-corrected chi connectivity index (χ2v) is 23.2. The predicted molar refractivity (Wildman–Crippen MR) is 134 cm³/mol. The van der Waals surface area contributed by atoms with Crippen molar-refractivity contribution < 1.29 is 0 Å². The molecular formula is C24H52N2Si2. The lowest BCUT2D eigenvalue weighted by Gasteiger charge is -2.40. The molecule has 0 fully saturated rings. The van der Waals surface area contributed by atoms with Crippen molar-refractivity contribution in [2.24, 2.45) is 22.7 Å². The molecular weight excluding hydrogens is 372 g/mol. The molecule has 4 unspecified atom stereocenters. The Balaban J connectivity index is 2.74. The van der Waals surface area contributed by atoms with Gasteiger partial charge in [0, 0.05) is 12.1 Å². The van der Waals surface area contributed by atoms with Crippen molar-refractivity contribution in [1.82, 2.24) is 9.96 Å². The number of nitrogens with one attached hydrogen (secondary N) is 2. The Morgan fingerprint density at radius 1 is 0.679 bits per heavy atom. The quantitative estimate of drug-likeness (QED) is 0.323. The van der Waals surface area contributed by atoms with Crippen LogP contribution >= 0.6 is 0 Å². The van der Waals surface area contributed by atoms with Crippen molar-refractivity contribution in [3.63, 3.8) is 0 Å². The Kier molecular flexibility index (Phi) is 8.85. The van der Waals surface area contributed by atoms with Crippen molar-refractivity contribution in [2.45, 2.75) is 119 Å². The Morgan fingerprint density at radius 2 is 0.964 bits per heavy atom. The molecule has 0 saturated heterocycles. The highest BCUT2D eigenvalue weighted by atomic mass is 28.3. The summed E-state index contributed by atoms with van der Waals surface area (Å²) in [7, 11) is -2.54. The minimum absolute atomic E-state index is 0.323. The molecule has 0 heterocycles. The van der Waals surface area contributed by atoms with Crippen molar-refractivity contribution in [3.8, 4) is 0 Å². The largest absolute Gasteiger partial charge is 0.334 e. The van der Waals surface area contributed by atoms with Crippen LogP contribution in [0.5, 0.6) is 0 Å². The zero-order chi connectivity index (χ0) is 22.0. The molecule has 2 nitrogen and oxygen atoms in total. The van der Waals surface area contributed by atoms with Gasteiger partial charge in [-0.1, -0.05) is 93.0 Å². The molecule has 2 N–H and O–H groups in total. The summed E-state index contributed by atoms with van der Waals surface area (Å²) >= 11 is 0. The Labute approximate surface area is 179 Å². The molecule has 0 aromatic carbocycles. The molecule has 0 saturated carbocycles. The van der Waals surface area contributed by atoms with Gasteiger partial charge in [-0.15, -0.1) is 0 Å². The first kappa shape index (κ1) is 26.1. The van der Waals surface area contributed by atoms with Crippen LogP contribution in [-0.2, 0) is 0 Å². The molecule has 1 aliphatic rings. The van der Waals surface area contributed by atoms with Gasteiger partial charge in [-0.3, -0.25) is 0 Å². The average molecular weight is 425 g/mol. The van der Waals surface area contributed by atoms with Gasteiger partial charge in [0.1, 0.15) is 16.5 Å². The fourth-order valence-corrected chi connectivity index (χ4v) is 7.43. The van der Waals surface area contributed by atoms with E-state index in [0.717, 1.165) is 11.8 Å². The molecule has 4 heteroatoms. The summed E-state index contributed by atoms with van der Waals surface area (Å²) < 4.78 is 0. The molecule has 0 aromatic heterocycles. The summed E-state index contributed by atoms with van der Waals surface area (Å²) in [6, 6.07) is 1.22. The lowest BCUT2D eigenvalue weighted by atomic mass is 9.75. The van der Waals surface area contributed by atoms with Gasteiger partial charge >= 0.3 is 0 Å². The average Bonchev–Trinajstić information content (AvgIpc) is 2.43. The highest BCUT2D eigenvalue weighted by molar-refractivity contribution is 6.74. The molecule has 0 amide bonds. The van der Waals surface area contributed by atoms with E-state index in [1.54, 1.807) is 0 Å². The third-order valence-corrected chi connectivity index (χ3v) is 8.37. The maximum absolute atomic E-state index is 4.03. The Bertz CT molecular complexity index is 455. The molecule has 0 aliphatic heterocycles. The van der Waals surface area contributed by atoms with E-state index in [1.807, 2.05) is 0 Å². The standard InChI is InChI=1S/C24H52N2Si2/c1-23(2,3)21(25-27(7,8)9)17-19-13-15-20(16-14-19)18-22(24(4,5)6)26-28(10,11)12/h13,15,19-22,25-26H,14,16-18H2,1-12H3. The molecule has 0 aromatic rings. The Hall–Kier alpha value is 0.0938. The van der Waals surface area contributed by atoms with Crippen LogP contribution < -0.4 is 9.96 Å². The first-order chi connectivity index (χ1) is 12.4. The smallest absolute Gasteiger partial charge is 0.116 e. The molecule has 0 spiro atoms. The highest BCUT2D eigenvalue weighted by Crippen LogP contribution is 2.35. The zero-order valence-corrected chi connectivity index (χ0v) is 23.3. The first-order valence-electron chi connectivity index (χ1n) is 11.6. The van der Waals surface area contributed by atoms with Crippen LogP contribution in [0.2, 0.25) is 39.3 Å². The summed E-state index contributed by atoms with van der Waals surface area (Å²) in [5, 5.41) is 0. The fraction of sp³-hybridized carbons (Fsp3) is 0.917. The van der Waals surface area contributed by atoms with E-state index in [9.17, 15) is 0 Å². The van der Waals surface area contributed by atoms with Gasteiger partial charge < -0.3 is 9.96 Å². The van der Waals surface area contributed by atoms with E-state index in [0.29, 0.717) is 22.9 Å². The summed E-state index contributed by atoms with van der Waals surface area (Å²) in [6.45, 7) is 29.0. The van der Waals surface area contributed by atoms with Crippen molar-refractivity contribution in [3.05, 3.63) is 12.2 Å². The minimum atomic E-state index is -1.27. The monoisotopic (exact) mass is 424 g/mol. The van der Waals surface area contributed by atoms with E-state index < -0.39 is 16.5 Å². The van der Waals surface area contributed by atoms with Gasteiger partial charge in [0.05, 0.1) is 0 Å². The van der Waals surface area contributed by atoms with Crippen molar-refractivity contribution in [2.75, 3.05) is 0 Å². The first-order valence-corrected chi connectivity index (χ1v) is 18.6. The maximum Gasteiger partial charge on any atom is 0.116 e. The number of hydrogen-bond acceptors (Lipinski definition) is 2. The number of rotatable bonds is 8. The van der Waals surface area contributed by atoms with Crippen molar-refractivity contribution >= 4 is 16.5 Å². The van der Waals surface area contributed by atoms with Crippen LogP contribution in [-0.4, -0.2) is 28.6 Å². The van der Waals surface area contributed by atoms with Gasteiger partial charge in [0.15, 0.2) is 0 Å². The van der Waals surface area contributed by atoms with E-state index in [1.165, 1.54) is 25.7 Å². The highest BCUT2D eigenvalue weighted by Gasteiger charge is 2.33. The van der Waals surface area contributed by atoms with Crippen molar-refractivity contribution in [1.29, 1.82) is 0 Å². The van der Waals surface area contributed by atoms with Gasteiger partial charge in [-0.2, -0.15) is 0 Å². The Morgan fingerprint density at radius 3 is 1.14 bits per heavy atom. The van der Waals surface area contributed by atoms with E-state index >= 15 is 0 Å². The van der Waals surface area contributed by atoms with Crippen LogP contribution in [0.1, 0.15) is 67.2 Å². The van der Waals surface area contributed by atoms with Gasteiger partial charge in [-0.05, 0) is 48.3 Å². The topological polar surface area (TPSA) is 24.1 Å². The van der Waals surface area contributed by atoms with Crippen LogP contribution in [0.15, 0.2) is 12.2 Å². The second kappa shape index (κ2) is 9.49. The lowest BCUT2D eigenvalue weighted by Crippen LogP contribution is -2.54. The lowest BCUT2D eigenvalue weighted by molar-refractivity contribution is 0.234. The van der Waals surface area contributed by atoms with Crippen LogP contribution in [0.4, 0.5) is 0 Å². The van der Waals surface area contributed by atoms with Crippen LogP contribution in [0, 0.1) is 22.7 Å². The zero-order valence-electron chi connectivity index (χ0n) is 21.3. The van der Waals surface area contributed by atoms with E-state index in [4.69, 9.17) is 0 Å². The van der Waals surface area contributed by atoms with Gasteiger partial charge in [0.25, 0.3) is 0 Å². The fourth-order valence-electron chi connectivity index (χ4n) is 4.24. The summed E-state index contributed by atoms with van der Waals surface area (Å²) in [5.41, 5.74) is 0.646. The molecule has 28 heavy (non-hydrogen) atoms. The maximum atomic E-state index is 4.03. The molecule has 166 valence electrons. The normalized spacial score (nSPS) is 24.3. The minimum Gasteiger partial charge on any atom is -0.334 e. The van der Waals surface area contributed by atoms with Crippen LogP contribution in [0.3, 0.4) is 0 Å². The molecule has 4 atom stereocenters. The summed E-state index contributed by atoms with van der Waals surface area (Å²) in [4.78, 5) is 8.06. The number of allylic oxidation sites excluding steroid dienone is 2. The molecule has 0 bridgehead atoms. The molecule has 0 radical (unpaired) electrons. The number of hydrogen-bond donors (Lipinski definition) is 2. The van der Waals surface area contributed by atoms with E-state index in [-0.39, 0.29) is 0 Å². The molecule has 1 aliphatic carbocycles. The summed E-state index contributed by atoms with van der Waals surface area (Å²) in [5.74, 6) is 1.48. The van der Waals surface area contributed by atoms with Gasteiger partial charge in [-0.25, -0.2) is 0 Å².